The van der Waals surface area contributed by atoms with Gasteiger partial charge in [0.25, 0.3) is 5.91 Å². The molecule has 0 aromatic heterocycles. The SMILES string of the molecule is COc1ccc(F)cc1C(=O)NCc1ccc(B2OC(C)(C)C(C)(C)O2)c(Cl)c1. The molecule has 8 heteroatoms. The van der Waals surface area contributed by atoms with Crippen molar-refractivity contribution in [2.75, 3.05) is 7.11 Å². The van der Waals surface area contributed by atoms with Gasteiger partial charge in [-0.05, 0) is 57.5 Å². The van der Waals surface area contributed by atoms with Crippen LogP contribution in [0.4, 0.5) is 4.39 Å². The summed E-state index contributed by atoms with van der Waals surface area (Å²) in [7, 11) is 0.867. The van der Waals surface area contributed by atoms with Crippen molar-refractivity contribution >= 4 is 30.1 Å². The average molecular weight is 420 g/mol. The lowest BCUT2D eigenvalue weighted by Gasteiger charge is -2.32. The number of carbonyl (C=O) groups is 1. The Kier molecular flexibility index (Phi) is 5.94. The number of rotatable bonds is 5. The number of nitrogens with one attached hydrogen (secondary N) is 1. The first-order valence-electron chi connectivity index (χ1n) is 9.30. The largest absolute Gasteiger partial charge is 0.496 e. The Hall–Kier alpha value is -2.09. The summed E-state index contributed by atoms with van der Waals surface area (Å²) in [5.74, 6) is -0.642. The lowest BCUT2D eigenvalue weighted by atomic mass is 9.78. The van der Waals surface area contributed by atoms with Crippen LogP contribution < -0.4 is 15.5 Å². The van der Waals surface area contributed by atoms with Crippen molar-refractivity contribution in [2.24, 2.45) is 0 Å². The fourth-order valence-corrected chi connectivity index (χ4v) is 3.27. The van der Waals surface area contributed by atoms with Crippen LogP contribution in [-0.2, 0) is 15.9 Å². The van der Waals surface area contributed by atoms with Gasteiger partial charge in [0.2, 0.25) is 0 Å². The van der Waals surface area contributed by atoms with E-state index in [-0.39, 0.29) is 12.1 Å². The van der Waals surface area contributed by atoms with E-state index in [1.165, 1.54) is 19.2 Å². The van der Waals surface area contributed by atoms with Crippen LogP contribution in [-0.4, -0.2) is 31.3 Å². The summed E-state index contributed by atoms with van der Waals surface area (Å²) in [4.78, 5) is 12.4. The Morgan fingerprint density at radius 2 is 1.79 bits per heavy atom. The number of methoxy groups -OCH3 is 1. The van der Waals surface area contributed by atoms with Crippen molar-refractivity contribution in [1.82, 2.24) is 5.32 Å². The van der Waals surface area contributed by atoms with E-state index >= 15 is 0 Å². The Morgan fingerprint density at radius 3 is 2.38 bits per heavy atom. The van der Waals surface area contributed by atoms with Gasteiger partial charge in [0.15, 0.2) is 0 Å². The summed E-state index contributed by atoms with van der Waals surface area (Å²) < 4.78 is 30.7. The number of halogens is 2. The van der Waals surface area contributed by atoms with Crippen molar-refractivity contribution in [1.29, 1.82) is 0 Å². The molecule has 0 aliphatic carbocycles. The third-order valence-corrected chi connectivity index (χ3v) is 5.76. The van der Waals surface area contributed by atoms with Gasteiger partial charge in [0.05, 0.1) is 23.9 Å². The molecule has 0 atom stereocenters. The highest BCUT2D eigenvalue weighted by Gasteiger charge is 2.52. The molecule has 1 aliphatic rings. The van der Waals surface area contributed by atoms with Crippen molar-refractivity contribution in [3.63, 3.8) is 0 Å². The van der Waals surface area contributed by atoms with Crippen LogP contribution in [0.2, 0.25) is 5.02 Å². The highest BCUT2D eigenvalue weighted by molar-refractivity contribution is 6.65. The zero-order chi connectivity index (χ0) is 21.4. The molecule has 1 heterocycles. The van der Waals surface area contributed by atoms with Crippen LogP contribution in [0.25, 0.3) is 0 Å². The number of amides is 1. The van der Waals surface area contributed by atoms with E-state index in [0.29, 0.717) is 10.8 Å². The summed E-state index contributed by atoms with van der Waals surface area (Å²) in [5.41, 5.74) is 0.730. The van der Waals surface area contributed by atoms with Gasteiger partial charge < -0.3 is 19.4 Å². The molecule has 1 saturated heterocycles. The molecule has 1 amide bonds. The normalized spacial score (nSPS) is 17.3. The van der Waals surface area contributed by atoms with Crippen LogP contribution in [0.15, 0.2) is 36.4 Å². The summed E-state index contributed by atoms with van der Waals surface area (Å²) in [6, 6.07) is 9.22. The van der Waals surface area contributed by atoms with E-state index in [4.69, 9.17) is 25.6 Å². The van der Waals surface area contributed by atoms with Gasteiger partial charge in [-0.25, -0.2) is 4.39 Å². The van der Waals surface area contributed by atoms with Gasteiger partial charge in [0.1, 0.15) is 11.6 Å². The third-order valence-electron chi connectivity index (χ3n) is 5.43. The van der Waals surface area contributed by atoms with Crippen LogP contribution >= 0.6 is 11.6 Å². The summed E-state index contributed by atoms with van der Waals surface area (Å²) in [6.07, 6.45) is 0. The van der Waals surface area contributed by atoms with Crippen molar-refractivity contribution in [2.45, 2.75) is 45.4 Å². The predicted molar refractivity (Wildman–Crippen MR) is 111 cm³/mol. The number of hydrogen-bond acceptors (Lipinski definition) is 4. The molecule has 1 aliphatic heterocycles. The Bertz CT molecular complexity index is 919. The topological polar surface area (TPSA) is 56.8 Å². The minimum atomic E-state index is -0.562. The fourth-order valence-electron chi connectivity index (χ4n) is 2.98. The van der Waals surface area contributed by atoms with Gasteiger partial charge >= 0.3 is 7.12 Å². The molecule has 0 saturated carbocycles. The van der Waals surface area contributed by atoms with E-state index in [1.54, 1.807) is 6.07 Å². The average Bonchev–Trinajstić information content (AvgIpc) is 2.86. The minimum absolute atomic E-state index is 0.132. The zero-order valence-corrected chi connectivity index (χ0v) is 17.9. The molecule has 1 N–H and O–H groups in total. The second-order valence-corrected chi connectivity index (χ2v) is 8.38. The smallest absolute Gasteiger partial charge is 0.496 e. The quantitative estimate of drug-likeness (QED) is 0.751. The van der Waals surface area contributed by atoms with E-state index in [2.05, 4.69) is 5.32 Å². The first-order valence-corrected chi connectivity index (χ1v) is 9.67. The Morgan fingerprint density at radius 1 is 1.14 bits per heavy atom. The Labute approximate surface area is 175 Å². The molecule has 154 valence electrons. The maximum absolute atomic E-state index is 13.5. The maximum atomic E-state index is 13.5. The number of ether oxygens (including phenoxy) is 1. The maximum Gasteiger partial charge on any atom is 0.496 e. The van der Waals surface area contributed by atoms with Gasteiger partial charge in [-0.1, -0.05) is 23.7 Å². The van der Waals surface area contributed by atoms with Crippen LogP contribution in [0, 0.1) is 5.82 Å². The molecule has 1 fully saturated rings. The standard InChI is InChI=1S/C21H24BClFNO4/c1-20(2)21(3,4)29-22(28-20)16-8-6-13(10-17(16)23)12-25-19(26)15-11-14(24)7-9-18(15)27-5/h6-11H,12H2,1-5H3,(H,25,26). The van der Waals surface area contributed by atoms with E-state index < -0.39 is 30.0 Å². The summed E-state index contributed by atoms with van der Waals surface area (Å²) in [6.45, 7) is 8.13. The van der Waals surface area contributed by atoms with Crippen molar-refractivity contribution < 1.29 is 23.2 Å². The molecular formula is C21H24BClFNO4. The lowest BCUT2D eigenvalue weighted by Crippen LogP contribution is -2.41. The molecular weight excluding hydrogens is 395 g/mol. The van der Waals surface area contributed by atoms with Gasteiger partial charge in [-0.3, -0.25) is 4.79 Å². The molecule has 2 aromatic rings. The van der Waals surface area contributed by atoms with Crippen LogP contribution in [0.5, 0.6) is 5.75 Å². The molecule has 5 nitrogen and oxygen atoms in total. The van der Waals surface area contributed by atoms with Gasteiger partial charge in [0, 0.05) is 17.0 Å². The predicted octanol–water partition coefficient (Wildman–Crippen LogP) is 3.72. The highest BCUT2D eigenvalue weighted by Crippen LogP contribution is 2.37. The second-order valence-electron chi connectivity index (χ2n) is 7.97. The van der Waals surface area contributed by atoms with Crippen LogP contribution in [0.3, 0.4) is 0 Å². The van der Waals surface area contributed by atoms with Gasteiger partial charge in [-0.15, -0.1) is 0 Å². The van der Waals surface area contributed by atoms with E-state index in [1.807, 2.05) is 39.8 Å². The summed E-state index contributed by atoms with van der Waals surface area (Å²) in [5, 5.41) is 3.24. The second kappa shape index (κ2) is 7.97. The molecule has 2 aromatic carbocycles. The molecule has 0 spiro atoms. The number of hydrogen-bond donors (Lipinski definition) is 1. The molecule has 3 rings (SSSR count). The zero-order valence-electron chi connectivity index (χ0n) is 17.1. The first-order chi connectivity index (χ1) is 13.5. The molecule has 0 radical (unpaired) electrons. The number of benzene rings is 2. The Balaban J connectivity index is 1.70. The van der Waals surface area contributed by atoms with E-state index in [9.17, 15) is 9.18 Å². The fraction of sp³-hybridized carbons (Fsp3) is 0.381. The molecule has 0 unspecified atom stereocenters. The van der Waals surface area contributed by atoms with Crippen molar-refractivity contribution in [3.05, 3.63) is 58.4 Å². The first kappa shape index (κ1) is 21.6. The van der Waals surface area contributed by atoms with Gasteiger partial charge in [-0.2, -0.15) is 0 Å². The number of carbonyl (C=O) groups excluding carboxylic acids is 1. The van der Waals surface area contributed by atoms with Crippen molar-refractivity contribution in [3.8, 4) is 5.75 Å². The lowest BCUT2D eigenvalue weighted by molar-refractivity contribution is 0.00578. The minimum Gasteiger partial charge on any atom is -0.496 e. The van der Waals surface area contributed by atoms with Crippen LogP contribution in [0.1, 0.15) is 43.6 Å². The molecule has 29 heavy (non-hydrogen) atoms. The monoisotopic (exact) mass is 419 g/mol. The third kappa shape index (κ3) is 4.42. The summed E-state index contributed by atoms with van der Waals surface area (Å²) >= 11 is 6.45. The van der Waals surface area contributed by atoms with E-state index in [0.717, 1.165) is 17.1 Å². The molecule has 0 bridgehead atoms. The highest BCUT2D eigenvalue weighted by atomic mass is 35.5.